The van der Waals surface area contributed by atoms with Gasteiger partial charge in [-0.3, -0.25) is 0 Å². The van der Waals surface area contributed by atoms with Gasteiger partial charge < -0.3 is 19.6 Å². The molecular formula is C11H18N2O4S. The van der Waals surface area contributed by atoms with Gasteiger partial charge in [0.05, 0.1) is 13.2 Å². The van der Waals surface area contributed by atoms with Gasteiger partial charge in [0, 0.05) is 30.6 Å². The van der Waals surface area contributed by atoms with Crippen LogP contribution in [0.25, 0.3) is 0 Å². The lowest BCUT2D eigenvalue weighted by atomic mass is 10.2. The number of thioether (sulfide) groups is 1. The minimum Gasteiger partial charge on any atom is -0.480 e. The maximum absolute atomic E-state index is 12.4. The lowest BCUT2D eigenvalue weighted by Crippen LogP contribution is -2.59. The Labute approximate surface area is 110 Å². The zero-order chi connectivity index (χ0) is 13.1. The van der Waals surface area contributed by atoms with E-state index in [0.717, 1.165) is 11.5 Å². The van der Waals surface area contributed by atoms with Crippen LogP contribution in [0.1, 0.15) is 6.92 Å². The van der Waals surface area contributed by atoms with Crippen molar-refractivity contribution in [1.29, 1.82) is 0 Å². The first-order valence-electron chi connectivity index (χ1n) is 6.07. The van der Waals surface area contributed by atoms with Gasteiger partial charge in [-0.05, 0) is 6.92 Å². The second kappa shape index (κ2) is 5.79. The second-order valence-corrected chi connectivity index (χ2v) is 5.67. The first-order valence-corrected chi connectivity index (χ1v) is 7.22. The normalized spacial score (nSPS) is 29.2. The van der Waals surface area contributed by atoms with Crippen LogP contribution in [-0.2, 0) is 9.53 Å². The molecule has 0 aromatic rings. The number of carbonyl (C=O) groups excluding carboxylic acids is 1. The molecule has 18 heavy (non-hydrogen) atoms. The van der Waals surface area contributed by atoms with Gasteiger partial charge in [-0.2, -0.15) is 11.8 Å². The number of amides is 2. The van der Waals surface area contributed by atoms with Crippen LogP contribution in [0.4, 0.5) is 4.79 Å². The van der Waals surface area contributed by atoms with Crippen molar-refractivity contribution in [2.45, 2.75) is 19.0 Å². The molecule has 0 spiro atoms. The smallest absolute Gasteiger partial charge is 0.328 e. The molecule has 2 atom stereocenters. The highest BCUT2D eigenvalue weighted by atomic mass is 32.2. The third-order valence-electron chi connectivity index (χ3n) is 3.27. The van der Waals surface area contributed by atoms with E-state index in [9.17, 15) is 9.59 Å². The summed E-state index contributed by atoms with van der Waals surface area (Å²) < 4.78 is 5.14. The van der Waals surface area contributed by atoms with Gasteiger partial charge in [-0.15, -0.1) is 0 Å². The van der Waals surface area contributed by atoms with Crippen molar-refractivity contribution in [3.05, 3.63) is 0 Å². The third kappa shape index (κ3) is 2.72. The molecule has 1 N–H and O–H groups in total. The summed E-state index contributed by atoms with van der Waals surface area (Å²) in [5, 5.41) is 9.13. The predicted molar refractivity (Wildman–Crippen MR) is 67.8 cm³/mol. The van der Waals surface area contributed by atoms with Crippen LogP contribution in [0.15, 0.2) is 0 Å². The number of carboxylic acids is 1. The van der Waals surface area contributed by atoms with Crippen molar-refractivity contribution in [2.75, 3.05) is 37.8 Å². The fourth-order valence-electron chi connectivity index (χ4n) is 2.21. The second-order valence-electron chi connectivity index (χ2n) is 4.52. The molecular weight excluding hydrogens is 256 g/mol. The van der Waals surface area contributed by atoms with E-state index in [-0.39, 0.29) is 18.7 Å². The quantitative estimate of drug-likeness (QED) is 0.746. The Morgan fingerprint density at radius 2 is 2.11 bits per heavy atom. The molecule has 2 fully saturated rings. The molecule has 2 saturated heterocycles. The minimum atomic E-state index is -0.998. The molecule has 0 bridgehead atoms. The van der Waals surface area contributed by atoms with Gasteiger partial charge in [0.1, 0.15) is 0 Å². The Balaban J connectivity index is 2.07. The van der Waals surface area contributed by atoms with E-state index >= 15 is 0 Å². The minimum absolute atomic E-state index is 0.0814. The fourth-order valence-corrected chi connectivity index (χ4v) is 3.23. The summed E-state index contributed by atoms with van der Waals surface area (Å²) in [7, 11) is 0. The molecule has 2 unspecified atom stereocenters. The molecule has 2 aliphatic rings. The highest BCUT2D eigenvalue weighted by Crippen LogP contribution is 2.19. The molecule has 2 rings (SSSR count). The average Bonchev–Trinajstić information content (AvgIpc) is 2.38. The number of rotatable bonds is 1. The van der Waals surface area contributed by atoms with Crippen LogP contribution in [0.3, 0.4) is 0 Å². The van der Waals surface area contributed by atoms with Crippen molar-refractivity contribution < 1.29 is 19.4 Å². The molecule has 2 aliphatic heterocycles. The summed E-state index contributed by atoms with van der Waals surface area (Å²) in [4.78, 5) is 26.7. The van der Waals surface area contributed by atoms with E-state index in [2.05, 4.69) is 0 Å². The molecule has 0 aromatic carbocycles. The molecule has 0 saturated carbocycles. The number of ether oxygens (including phenoxy) is 1. The summed E-state index contributed by atoms with van der Waals surface area (Å²) in [6.07, 6.45) is 0. The summed E-state index contributed by atoms with van der Waals surface area (Å²) >= 11 is 1.82. The first kappa shape index (κ1) is 13.5. The molecule has 0 aromatic heterocycles. The number of hydrogen-bond donors (Lipinski definition) is 1. The molecule has 7 heteroatoms. The lowest BCUT2D eigenvalue weighted by Gasteiger charge is -2.40. The zero-order valence-corrected chi connectivity index (χ0v) is 11.2. The monoisotopic (exact) mass is 274 g/mol. The van der Waals surface area contributed by atoms with Crippen molar-refractivity contribution in [3.63, 3.8) is 0 Å². The zero-order valence-electron chi connectivity index (χ0n) is 10.4. The van der Waals surface area contributed by atoms with Crippen LogP contribution < -0.4 is 0 Å². The van der Waals surface area contributed by atoms with E-state index < -0.39 is 12.0 Å². The maximum Gasteiger partial charge on any atom is 0.328 e. The predicted octanol–water partition coefficient (Wildman–Crippen LogP) is 0.329. The van der Waals surface area contributed by atoms with Crippen LogP contribution in [0.2, 0.25) is 0 Å². The molecule has 6 nitrogen and oxygen atoms in total. The molecule has 0 aliphatic carbocycles. The highest BCUT2D eigenvalue weighted by molar-refractivity contribution is 7.99. The number of aliphatic carboxylic acids is 1. The summed E-state index contributed by atoms with van der Waals surface area (Å²) in [6.45, 7) is 3.53. The Morgan fingerprint density at radius 1 is 1.33 bits per heavy atom. The van der Waals surface area contributed by atoms with Gasteiger partial charge >= 0.3 is 12.0 Å². The largest absolute Gasteiger partial charge is 0.480 e. The Kier molecular flexibility index (Phi) is 4.34. The topological polar surface area (TPSA) is 70.1 Å². The third-order valence-corrected chi connectivity index (χ3v) is 4.46. The number of morpholine rings is 1. The Hall–Kier alpha value is -0.950. The van der Waals surface area contributed by atoms with Gasteiger partial charge in [0.2, 0.25) is 0 Å². The number of urea groups is 1. The van der Waals surface area contributed by atoms with Crippen molar-refractivity contribution in [2.24, 2.45) is 0 Å². The molecule has 0 radical (unpaired) electrons. The number of carboxylic acid groups (broad SMARTS) is 1. The summed E-state index contributed by atoms with van der Waals surface area (Å²) in [5.74, 6) is 0.827. The van der Waals surface area contributed by atoms with Crippen LogP contribution in [0.5, 0.6) is 0 Å². The lowest BCUT2D eigenvalue weighted by molar-refractivity contribution is -0.147. The summed E-state index contributed by atoms with van der Waals surface area (Å²) in [6, 6.07) is -0.861. The van der Waals surface area contributed by atoms with Crippen LogP contribution in [-0.4, -0.2) is 76.8 Å². The van der Waals surface area contributed by atoms with E-state index in [4.69, 9.17) is 9.84 Å². The maximum atomic E-state index is 12.4. The van der Waals surface area contributed by atoms with E-state index in [0.29, 0.717) is 19.7 Å². The first-order chi connectivity index (χ1) is 8.61. The van der Waals surface area contributed by atoms with Crippen molar-refractivity contribution in [3.8, 4) is 0 Å². The Bertz CT molecular complexity index is 339. The van der Waals surface area contributed by atoms with Gasteiger partial charge in [-0.25, -0.2) is 9.59 Å². The van der Waals surface area contributed by atoms with E-state index in [1.54, 1.807) is 4.90 Å². The number of nitrogens with zero attached hydrogens (tertiary/aromatic N) is 2. The van der Waals surface area contributed by atoms with Gasteiger partial charge in [0.15, 0.2) is 6.04 Å². The standard InChI is InChI=1S/C11H18N2O4S/c1-8-7-18-5-3-12(8)11(16)13-2-4-17-6-9(13)10(14)15/h8-9H,2-7H2,1H3,(H,14,15). The SMILES string of the molecule is CC1CSCCN1C(=O)N1CCOCC1C(=O)O. The van der Waals surface area contributed by atoms with Crippen LogP contribution >= 0.6 is 11.8 Å². The summed E-state index contributed by atoms with van der Waals surface area (Å²) in [5.41, 5.74) is 0. The highest BCUT2D eigenvalue weighted by Gasteiger charge is 2.36. The molecule has 2 amide bonds. The average molecular weight is 274 g/mol. The van der Waals surface area contributed by atoms with Crippen LogP contribution in [0, 0.1) is 0 Å². The van der Waals surface area contributed by atoms with Gasteiger partial charge in [0.25, 0.3) is 0 Å². The number of hydrogen-bond acceptors (Lipinski definition) is 4. The Morgan fingerprint density at radius 3 is 2.78 bits per heavy atom. The van der Waals surface area contributed by atoms with Crippen molar-refractivity contribution in [1.82, 2.24) is 9.80 Å². The van der Waals surface area contributed by atoms with E-state index in [1.165, 1.54) is 4.90 Å². The molecule has 2 heterocycles. The van der Waals surface area contributed by atoms with Gasteiger partial charge in [-0.1, -0.05) is 0 Å². The molecule has 102 valence electrons. The number of carbonyl (C=O) groups is 2. The van der Waals surface area contributed by atoms with Crippen molar-refractivity contribution >= 4 is 23.8 Å². The van der Waals surface area contributed by atoms with E-state index in [1.807, 2.05) is 18.7 Å². The fraction of sp³-hybridized carbons (Fsp3) is 0.818.